The highest BCUT2D eigenvalue weighted by atomic mass is 19.4. The second-order valence-corrected chi connectivity index (χ2v) is 11.6. The second kappa shape index (κ2) is 11.5. The van der Waals surface area contributed by atoms with Crippen molar-refractivity contribution in [2.75, 3.05) is 23.3 Å². The summed E-state index contributed by atoms with van der Waals surface area (Å²) in [4.78, 5) is 55.3. The fourth-order valence-corrected chi connectivity index (χ4v) is 5.39. The number of benzene rings is 1. The molecule has 0 saturated carbocycles. The molecule has 2 aliphatic rings. The van der Waals surface area contributed by atoms with Gasteiger partial charge in [0.2, 0.25) is 11.8 Å². The van der Waals surface area contributed by atoms with Crippen LogP contribution in [0, 0.1) is 29.1 Å². The number of carbonyl (C=O) groups is 3. The summed E-state index contributed by atoms with van der Waals surface area (Å²) in [6, 6.07) is 6.45. The Hall–Kier alpha value is -5.90. The molecule has 6 rings (SSSR count). The molecular weight excluding hydrogens is 621 g/mol. The average Bonchev–Trinajstić information content (AvgIpc) is 3.61. The van der Waals surface area contributed by atoms with Crippen LogP contribution in [-0.4, -0.2) is 50.1 Å². The minimum Gasteiger partial charge on any atom is -0.405 e. The van der Waals surface area contributed by atoms with Crippen molar-refractivity contribution in [2.24, 2.45) is 5.92 Å². The summed E-state index contributed by atoms with van der Waals surface area (Å²) < 4.78 is 48.1. The first kappa shape index (κ1) is 31.1. The predicted molar refractivity (Wildman–Crippen MR) is 159 cm³/mol. The van der Waals surface area contributed by atoms with Crippen molar-refractivity contribution in [1.29, 1.82) is 5.26 Å². The lowest BCUT2D eigenvalue weighted by Gasteiger charge is -2.38. The van der Waals surface area contributed by atoms with Gasteiger partial charge in [0.25, 0.3) is 5.91 Å². The maximum absolute atomic E-state index is 13.3. The Labute approximate surface area is 263 Å². The SMILES string of the molecule is CC(C)(C(=O)Nc1cnc(C#N)c(C(F)(F)F)c1)n1cc(C#CC2CN(c3cccc4c3oc(=O)n4C3CCC(=O)NC3=O)C2)cn1. The number of amides is 3. The number of halogens is 3. The van der Waals surface area contributed by atoms with Gasteiger partial charge in [-0.3, -0.25) is 28.9 Å². The fourth-order valence-electron chi connectivity index (χ4n) is 5.39. The number of oxazole rings is 1. The quantitative estimate of drug-likeness (QED) is 0.245. The van der Waals surface area contributed by atoms with Gasteiger partial charge in [0.1, 0.15) is 17.6 Å². The van der Waals surface area contributed by atoms with E-state index in [-0.39, 0.29) is 30.4 Å². The maximum Gasteiger partial charge on any atom is 0.420 e. The molecule has 4 aromatic rings. The van der Waals surface area contributed by atoms with Gasteiger partial charge in [-0.05, 0) is 38.5 Å². The van der Waals surface area contributed by atoms with Gasteiger partial charge in [-0.25, -0.2) is 9.78 Å². The zero-order valence-electron chi connectivity index (χ0n) is 24.9. The molecule has 0 spiro atoms. The van der Waals surface area contributed by atoms with E-state index in [4.69, 9.17) is 9.68 Å². The molecule has 1 aromatic carbocycles. The highest BCUT2D eigenvalue weighted by Gasteiger charge is 2.37. The summed E-state index contributed by atoms with van der Waals surface area (Å²) in [6.45, 7) is 4.12. The van der Waals surface area contributed by atoms with E-state index >= 15 is 0 Å². The van der Waals surface area contributed by atoms with Crippen molar-refractivity contribution >= 4 is 40.2 Å². The largest absolute Gasteiger partial charge is 0.420 e. The molecule has 240 valence electrons. The molecule has 1 atom stereocenters. The van der Waals surface area contributed by atoms with Crippen LogP contribution < -0.4 is 21.3 Å². The van der Waals surface area contributed by atoms with E-state index < -0.39 is 46.6 Å². The molecule has 5 heterocycles. The zero-order chi connectivity index (χ0) is 33.7. The number of nitrogens with zero attached hydrogens (tertiary/aromatic N) is 6. The molecule has 2 N–H and O–H groups in total. The molecular formula is C31H25F3N8O5. The van der Waals surface area contributed by atoms with Gasteiger partial charge in [-0.1, -0.05) is 17.9 Å². The Kier molecular flexibility index (Phi) is 7.59. The molecule has 0 radical (unpaired) electrons. The number of hydrogen-bond donors (Lipinski definition) is 2. The van der Waals surface area contributed by atoms with Crippen molar-refractivity contribution in [3.05, 3.63) is 70.2 Å². The number of para-hydroxylation sites is 1. The van der Waals surface area contributed by atoms with Crippen LogP contribution in [0.2, 0.25) is 0 Å². The van der Waals surface area contributed by atoms with Gasteiger partial charge >= 0.3 is 11.9 Å². The number of nitrogens with one attached hydrogen (secondary N) is 2. The van der Waals surface area contributed by atoms with Gasteiger partial charge in [0.15, 0.2) is 11.3 Å². The molecule has 3 amide bonds. The summed E-state index contributed by atoms with van der Waals surface area (Å²) in [5.74, 6) is 3.86. The highest BCUT2D eigenvalue weighted by molar-refractivity contribution is 6.00. The number of alkyl halides is 3. The van der Waals surface area contributed by atoms with E-state index in [1.165, 1.54) is 35.4 Å². The van der Waals surface area contributed by atoms with E-state index in [0.717, 1.165) is 6.20 Å². The average molecular weight is 647 g/mol. The van der Waals surface area contributed by atoms with Crippen molar-refractivity contribution in [3.63, 3.8) is 0 Å². The smallest absolute Gasteiger partial charge is 0.405 e. The Bertz CT molecular complexity index is 2100. The fraction of sp³-hybridized carbons (Fsp3) is 0.323. The van der Waals surface area contributed by atoms with E-state index in [2.05, 4.69) is 32.6 Å². The maximum atomic E-state index is 13.3. The number of aromatic nitrogens is 4. The van der Waals surface area contributed by atoms with Gasteiger partial charge < -0.3 is 14.6 Å². The zero-order valence-corrected chi connectivity index (χ0v) is 24.9. The summed E-state index contributed by atoms with van der Waals surface area (Å²) >= 11 is 0. The van der Waals surface area contributed by atoms with Gasteiger partial charge in [-0.15, -0.1) is 0 Å². The molecule has 16 heteroatoms. The third-order valence-electron chi connectivity index (χ3n) is 8.05. The number of pyridine rings is 1. The topological polar surface area (TPSA) is 168 Å². The molecule has 2 aliphatic heterocycles. The van der Waals surface area contributed by atoms with Gasteiger partial charge in [0, 0.05) is 25.7 Å². The third kappa shape index (κ3) is 5.81. The van der Waals surface area contributed by atoms with Crippen LogP contribution in [0.1, 0.15) is 49.6 Å². The van der Waals surface area contributed by atoms with Crippen molar-refractivity contribution < 1.29 is 32.0 Å². The molecule has 0 aliphatic carbocycles. The summed E-state index contributed by atoms with van der Waals surface area (Å²) in [5.41, 5.74) is -1.64. The van der Waals surface area contributed by atoms with Crippen molar-refractivity contribution in [2.45, 2.75) is 44.4 Å². The standard InChI is InChI=1S/C31H25F3N8O5/c1-30(2,28(45)38-19-10-20(31(32,33)34)21(11-35)36-13-19)41-16-17(12-37-41)6-7-18-14-40(15-18)22-4-3-5-23-26(22)47-29(46)42(23)24-8-9-25(43)39-27(24)44/h3-5,10,12-13,16,18,24H,8-9,14-15H2,1-2H3,(H,38,45)(H,39,43,44). The van der Waals surface area contributed by atoms with Crippen molar-refractivity contribution in [3.8, 4) is 17.9 Å². The molecule has 1 unspecified atom stereocenters. The van der Waals surface area contributed by atoms with Crippen LogP contribution in [0.5, 0.6) is 0 Å². The minimum absolute atomic E-state index is 0.0411. The highest BCUT2D eigenvalue weighted by Crippen LogP contribution is 2.34. The summed E-state index contributed by atoms with van der Waals surface area (Å²) in [5, 5.41) is 17.8. The van der Waals surface area contributed by atoms with E-state index in [1.807, 2.05) is 4.90 Å². The van der Waals surface area contributed by atoms with Crippen LogP contribution in [0.4, 0.5) is 24.5 Å². The number of piperidine rings is 1. The Balaban J connectivity index is 1.12. The second-order valence-electron chi connectivity index (χ2n) is 11.6. The van der Waals surface area contributed by atoms with E-state index in [9.17, 15) is 32.3 Å². The van der Waals surface area contributed by atoms with E-state index in [1.54, 1.807) is 24.4 Å². The van der Waals surface area contributed by atoms with E-state index in [0.29, 0.717) is 41.5 Å². The number of imide groups is 1. The number of anilines is 2. The Morgan fingerprint density at radius 2 is 1.94 bits per heavy atom. The number of rotatable bonds is 5. The Morgan fingerprint density at radius 3 is 2.64 bits per heavy atom. The minimum atomic E-state index is -4.83. The first-order valence-electron chi connectivity index (χ1n) is 14.3. The summed E-state index contributed by atoms with van der Waals surface area (Å²) in [7, 11) is 0. The van der Waals surface area contributed by atoms with Crippen LogP contribution in [0.25, 0.3) is 11.1 Å². The molecule has 2 saturated heterocycles. The molecule has 3 aromatic heterocycles. The monoisotopic (exact) mass is 646 g/mol. The number of hydrogen-bond acceptors (Lipinski definition) is 9. The van der Waals surface area contributed by atoms with Gasteiger partial charge in [-0.2, -0.15) is 23.5 Å². The summed E-state index contributed by atoms with van der Waals surface area (Å²) in [6.07, 6.45) is -0.515. The first-order chi connectivity index (χ1) is 22.3. The molecule has 47 heavy (non-hydrogen) atoms. The first-order valence-corrected chi connectivity index (χ1v) is 14.3. The number of carbonyl (C=O) groups excluding carboxylic acids is 3. The normalized spacial score (nSPS) is 17.0. The van der Waals surface area contributed by atoms with Crippen molar-refractivity contribution in [1.82, 2.24) is 24.6 Å². The lowest BCUT2D eigenvalue weighted by molar-refractivity contribution is -0.138. The van der Waals surface area contributed by atoms with Crippen LogP contribution in [-0.2, 0) is 26.1 Å². The van der Waals surface area contributed by atoms with Crippen LogP contribution in [0.15, 0.2) is 52.1 Å². The lowest BCUT2D eigenvalue weighted by Crippen LogP contribution is -2.46. The van der Waals surface area contributed by atoms with Gasteiger partial charge in [0.05, 0.1) is 46.3 Å². The Morgan fingerprint density at radius 1 is 1.17 bits per heavy atom. The molecule has 13 nitrogen and oxygen atoms in total. The predicted octanol–water partition coefficient (Wildman–Crippen LogP) is 2.92. The molecule has 0 bridgehead atoms. The number of nitriles is 1. The number of fused-ring (bicyclic) bond motifs is 1. The third-order valence-corrected chi connectivity index (χ3v) is 8.05. The van der Waals surface area contributed by atoms with Crippen LogP contribution in [0.3, 0.4) is 0 Å². The lowest BCUT2D eigenvalue weighted by atomic mass is 9.99. The van der Waals surface area contributed by atoms with Crippen LogP contribution >= 0.6 is 0 Å². The molecule has 2 fully saturated rings.